The Morgan fingerprint density at radius 3 is 3.05 bits per heavy atom. The minimum absolute atomic E-state index is 0.108. The summed E-state index contributed by atoms with van der Waals surface area (Å²) in [5, 5.41) is 12.4. The zero-order chi connectivity index (χ0) is 16.1. The van der Waals surface area contributed by atoms with E-state index >= 15 is 0 Å². The van der Waals surface area contributed by atoms with Crippen molar-refractivity contribution in [1.82, 2.24) is 10.3 Å². The summed E-state index contributed by atoms with van der Waals surface area (Å²) in [7, 11) is 0. The van der Waals surface area contributed by atoms with Gasteiger partial charge in [0.25, 0.3) is 0 Å². The molecule has 5 nitrogen and oxygen atoms in total. The number of allylic oxidation sites excluding steroid dienone is 2. The van der Waals surface area contributed by atoms with E-state index in [1.165, 1.54) is 6.08 Å². The number of nitrogens with one attached hydrogen (secondary N) is 1. The van der Waals surface area contributed by atoms with E-state index in [4.69, 9.17) is 4.74 Å². The third kappa shape index (κ3) is 3.05. The fraction of sp³-hybridized carbons (Fsp3) is 0.188. The monoisotopic (exact) mass is 313 g/mol. The van der Waals surface area contributed by atoms with Crippen LogP contribution in [0.15, 0.2) is 59.1 Å². The van der Waals surface area contributed by atoms with Gasteiger partial charge in [0.2, 0.25) is 0 Å². The summed E-state index contributed by atoms with van der Waals surface area (Å²) in [6.07, 6.45) is 4.81. The molecule has 22 heavy (non-hydrogen) atoms. The Hall–Kier alpha value is -2.52. The Labute approximate surface area is 134 Å². The van der Waals surface area contributed by atoms with Crippen LogP contribution >= 0.6 is 12.6 Å². The molecule has 0 bridgehead atoms. The topological polar surface area (TPSA) is 75.0 Å². The number of thiol groups is 1. The van der Waals surface area contributed by atoms with Crippen molar-refractivity contribution in [1.29, 1.82) is 5.26 Å². The largest absolute Gasteiger partial charge is 0.458 e. The number of dihydropyridines is 1. The number of hydrogen-bond donors (Lipinski definition) is 2. The van der Waals surface area contributed by atoms with Gasteiger partial charge in [0.05, 0.1) is 10.6 Å². The maximum atomic E-state index is 12.3. The van der Waals surface area contributed by atoms with E-state index in [2.05, 4.69) is 35.6 Å². The molecule has 1 aromatic heterocycles. The molecule has 0 aliphatic carbocycles. The molecule has 1 atom stereocenters. The van der Waals surface area contributed by atoms with E-state index in [9.17, 15) is 10.1 Å². The molecule has 2 rings (SSSR count). The smallest absolute Gasteiger partial charge is 0.337 e. The number of aromatic nitrogens is 1. The number of carbonyl (C=O) groups is 1. The molecule has 1 aliphatic heterocycles. The van der Waals surface area contributed by atoms with Gasteiger partial charge in [0.15, 0.2) is 0 Å². The molecule has 0 spiro atoms. The first-order valence-electron chi connectivity index (χ1n) is 6.59. The molecular formula is C16H15N3O2S. The first-order chi connectivity index (χ1) is 10.6. The quantitative estimate of drug-likeness (QED) is 0.507. The summed E-state index contributed by atoms with van der Waals surface area (Å²) in [6, 6.07) is 5.71. The number of nitriles is 1. The molecule has 0 aromatic carbocycles. The maximum absolute atomic E-state index is 12.3. The molecule has 1 aliphatic rings. The molecular weight excluding hydrogens is 298 g/mol. The average Bonchev–Trinajstić information content (AvgIpc) is 2.54. The van der Waals surface area contributed by atoms with Gasteiger partial charge in [-0.15, -0.1) is 12.6 Å². The van der Waals surface area contributed by atoms with Crippen molar-refractivity contribution in [2.24, 2.45) is 0 Å². The number of ether oxygens (including phenoxy) is 1. The Morgan fingerprint density at radius 1 is 1.68 bits per heavy atom. The third-order valence-corrected chi connectivity index (χ3v) is 3.65. The second kappa shape index (κ2) is 6.96. The molecule has 0 fully saturated rings. The molecule has 2 heterocycles. The number of rotatable bonds is 4. The van der Waals surface area contributed by atoms with Crippen LogP contribution < -0.4 is 5.32 Å². The van der Waals surface area contributed by atoms with E-state index in [0.717, 1.165) is 11.1 Å². The normalized spacial score (nSPS) is 17.6. The number of nitrogens with zero attached hydrogens (tertiary/aromatic N) is 2. The Balaban J connectivity index is 2.51. The molecule has 6 heteroatoms. The highest BCUT2D eigenvalue weighted by Crippen LogP contribution is 2.38. The molecule has 0 saturated carbocycles. The van der Waals surface area contributed by atoms with E-state index in [0.29, 0.717) is 16.3 Å². The van der Waals surface area contributed by atoms with Gasteiger partial charge in [-0.05, 0) is 24.1 Å². The van der Waals surface area contributed by atoms with Gasteiger partial charge in [0, 0.05) is 18.3 Å². The molecule has 1 unspecified atom stereocenters. The highest BCUT2D eigenvalue weighted by Gasteiger charge is 2.33. The van der Waals surface area contributed by atoms with Gasteiger partial charge in [-0.1, -0.05) is 18.7 Å². The Kier molecular flexibility index (Phi) is 5.02. The minimum atomic E-state index is -0.498. The minimum Gasteiger partial charge on any atom is -0.458 e. The lowest BCUT2D eigenvalue weighted by atomic mass is 9.83. The van der Waals surface area contributed by atoms with Crippen molar-refractivity contribution >= 4 is 18.6 Å². The fourth-order valence-electron chi connectivity index (χ4n) is 2.29. The summed E-state index contributed by atoms with van der Waals surface area (Å²) in [4.78, 5) is 16.4. The van der Waals surface area contributed by atoms with Crippen LogP contribution in [0.4, 0.5) is 0 Å². The van der Waals surface area contributed by atoms with E-state index in [1.54, 1.807) is 25.4 Å². The number of hydrogen-bond acceptors (Lipinski definition) is 6. The van der Waals surface area contributed by atoms with Crippen LogP contribution in [0.2, 0.25) is 0 Å². The molecule has 0 radical (unpaired) electrons. The summed E-state index contributed by atoms with van der Waals surface area (Å²) >= 11 is 4.32. The van der Waals surface area contributed by atoms with Crippen LogP contribution in [0.5, 0.6) is 0 Å². The molecule has 1 aromatic rings. The SMILES string of the molecule is C=CCOC(=O)C1=C(S)NC(C#N)=C(C)C1c1cccnc1. The van der Waals surface area contributed by atoms with Crippen LogP contribution in [0.25, 0.3) is 0 Å². The third-order valence-electron chi connectivity index (χ3n) is 3.30. The predicted molar refractivity (Wildman–Crippen MR) is 85.6 cm³/mol. The van der Waals surface area contributed by atoms with Crippen molar-refractivity contribution < 1.29 is 9.53 Å². The standard InChI is InChI=1S/C16H15N3O2S/c1-3-7-21-16(20)14-13(11-5-4-6-18-9-11)10(2)12(8-17)19-15(14)22/h3-6,9,13,19,22H,1,7H2,2H3. The van der Waals surface area contributed by atoms with Crippen LogP contribution in [0, 0.1) is 11.3 Å². The van der Waals surface area contributed by atoms with Crippen LogP contribution in [0.3, 0.4) is 0 Å². The van der Waals surface area contributed by atoms with Gasteiger partial charge < -0.3 is 10.1 Å². The lowest BCUT2D eigenvalue weighted by Gasteiger charge is -2.28. The van der Waals surface area contributed by atoms with Crippen molar-refractivity contribution in [3.05, 3.63) is 64.6 Å². The molecule has 112 valence electrons. The molecule has 0 saturated heterocycles. The first-order valence-corrected chi connectivity index (χ1v) is 7.03. The molecule has 0 amide bonds. The summed E-state index contributed by atoms with van der Waals surface area (Å²) in [6.45, 7) is 5.43. The lowest BCUT2D eigenvalue weighted by Crippen LogP contribution is -2.28. The van der Waals surface area contributed by atoms with Gasteiger partial charge >= 0.3 is 5.97 Å². The summed E-state index contributed by atoms with van der Waals surface area (Å²) in [5.74, 6) is -0.919. The van der Waals surface area contributed by atoms with Crippen LogP contribution in [0.1, 0.15) is 18.4 Å². The van der Waals surface area contributed by atoms with Crippen molar-refractivity contribution in [3.8, 4) is 6.07 Å². The second-order valence-corrected chi connectivity index (χ2v) is 5.11. The lowest BCUT2D eigenvalue weighted by molar-refractivity contribution is -0.138. The van der Waals surface area contributed by atoms with E-state index < -0.39 is 11.9 Å². The maximum Gasteiger partial charge on any atom is 0.337 e. The van der Waals surface area contributed by atoms with Gasteiger partial charge in [-0.3, -0.25) is 4.98 Å². The number of carbonyl (C=O) groups excluding carboxylic acids is 1. The predicted octanol–water partition coefficient (Wildman–Crippen LogP) is 2.44. The van der Waals surface area contributed by atoms with Crippen LogP contribution in [-0.4, -0.2) is 17.6 Å². The number of pyridine rings is 1. The van der Waals surface area contributed by atoms with Gasteiger partial charge in [-0.2, -0.15) is 5.26 Å². The van der Waals surface area contributed by atoms with Crippen molar-refractivity contribution in [3.63, 3.8) is 0 Å². The Bertz CT molecular complexity index is 702. The number of esters is 1. The fourth-order valence-corrected chi connectivity index (χ4v) is 2.62. The molecule has 1 N–H and O–H groups in total. The summed E-state index contributed by atoms with van der Waals surface area (Å²) in [5.41, 5.74) is 2.25. The van der Waals surface area contributed by atoms with Crippen molar-refractivity contribution in [2.75, 3.05) is 6.61 Å². The van der Waals surface area contributed by atoms with E-state index in [-0.39, 0.29) is 6.61 Å². The summed E-state index contributed by atoms with van der Waals surface area (Å²) < 4.78 is 5.14. The highest BCUT2D eigenvalue weighted by molar-refractivity contribution is 7.84. The first kappa shape index (κ1) is 15.9. The second-order valence-electron chi connectivity index (χ2n) is 4.66. The Morgan fingerprint density at radius 2 is 2.45 bits per heavy atom. The van der Waals surface area contributed by atoms with Crippen molar-refractivity contribution in [2.45, 2.75) is 12.8 Å². The van der Waals surface area contributed by atoms with Crippen LogP contribution in [-0.2, 0) is 9.53 Å². The average molecular weight is 313 g/mol. The zero-order valence-corrected chi connectivity index (χ0v) is 12.9. The highest BCUT2D eigenvalue weighted by atomic mass is 32.1. The van der Waals surface area contributed by atoms with Gasteiger partial charge in [0.1, 0.15) is 18.4 Å². The zero-order valence-electron chi connectivity index (χ0n) is 12.0. The van der Waals surface area contributed by atoms with Gasteiger partial charge in [-0.25, -0.2) is 4.79 Å². The van der Waals surface area contributed by atoms with E-state index in [1.807, 2.05) is 6.07 Å².